The minimum atomic E-state index is -0.798. The Morgan fingerprint density at radius 3 is 0.855 bits per heavy atom. The molecule has 0 aromatic carbocycles. The first-order chi connectivity index (χ1) is 34.0. The topological polar surface area (TPSA) is 78.9 Å². The first kappa shape index (κ1) is 65.6. The van der Waals surface area contributed by atoms with Crippen LogP contribution in [-0.2, 0) is 28.6 Å². The largest absolute Gasteiger partial charge is 0.462 e. The molecule has 0 aliphatic heterocycles. The average Bonchev–Trinajstić information content (AvgIpc) is 3.35. The van der Waals surface area contributed by atoms with E-state index in [4.69, 9.17) is 14.2 Å². The average molecular weight is 962 g/mol. The zero-order valence-corrected chi connectivity index (χ0v) is 45.3. The Labute approximate surface area is 426 Å². The van der Waals surface area contributed by atoms with E-state index in [2.05, 4.69) is 106 Å². The van der Waals surface area contributed by atoms with Crippen LogP contribution in [0.15, 0.2) is 85.1 Å². The lowest BCUT2D eigenvalue weighted by Gasteiger charge is -2.18. The van der Waals surface area contributed by atoms with Crippen LogP contribution in [0.4, 0.5) is 0 Å². The molecule has 0 saturated heterocycles. The minimum Gasteiger partial charge on any atom is -0.462 e. The number of rotatable bonds is 52. The second-order valence-electron chi connectivity index (χ2n) is 19.2. The molecular formula is C63H108O6. The summed E-state index contributed by atoms with van der Waals surface area (Å²) in [5.41, 5.74) is 0. The molecule has 0 aromatic heterocycles. The standard InChI is InChI=1S/C63H108O6/c1-4-7-10-13-16-19-22-25-28-30-31-33-36-38-41-44-47-50-53-56-62(65)68-59-60(69-63(66)57-54-51-48-45-42-39-34-27-24-21-18-15-12-9-6-3)58-67-61(64)55-52-49-46-43-40-37-35-32-29-26-23-20-17-14-11-8-5-2/h16-17,19-20,25-26,28-29,31,33,35,37-38,41,60H,4-15,18,21-24,27,30,32,34,36,39-40,42-59H2,1-3H3/b19-16-,20-17-,28-25-,29-26-,33-31-,37-35-,41-38-/t60-/m0/s1. The van der Waals surface area contributed by atoms with Gasteiger partial charge in [-0.15, -0.1) is 0 Å². The predicted octanol–water partition coefficient (Wildman–Crippen LogP) is 19.5. The first-order valence-electron chi connectivity index (χ1n) is 29.1. The lowest BCUT2D eigenvalue weighted by Crippen LogP contribution is -2.30. The van der Waals surface area contributed by atoms with Gasteiger partial charge in [-0.2, -0.15) is 0 Å². The fraction of sp³-hybridized carbons (Fsp3) is 0.730. The van der Waals surface area contributed by atoms with Crippen molar-refractivity contribution in [1.82, 2.24) is 0 Å². The Hall–Kier alpha value is -3.41. The van der Waals surface area contributed by atoms with Crippen molar-refractivity contribution in [3.63, 3.8) is 0 Å². The molecule has 0 saturated carbocycles. The lowest BCUT2D eigenvalue weighted by atomic mass is 10.0. The van der Waals surface area contributed by atoms with Crippen LogP contribution in [0.1, 0.15) is 278 Å². The summed E-state index contributed by atoms with van der Waals surface area (Å²) in [5, 5.41) is 0. The highest BCUT2D eigenvalue weighted by Crippen LogP contribution is 2.15. The van der Waals surface area contributed by atoms with Gasteiger partial charge < -0.3 is 14.2 Å². The number of esters is 3. The summed E-state index contributed by atoms with van der Waals surface area (Å²) < 4.78 is 16.8. The molecule has 0 fully saturated rings. The molecule has 6 nitrogen and oxygen atoms in total. The highest BCUT2D eigenvalue weighted by molar-refractivity contribution is 5.71. The van der Waals surface area contributed by atoms with Gasteiger partial charge in [-0.3, -0.25) is 14.4 Å². The van der Waals surface area contributed by atoms with E-state index in [0.717, 1.165) is 109 Å². The second kappa shape index (κ2) is 57.2. The molecule has 1 atom stereocenters. The number of allylic oxidation sites excluding steroid dienone is 14. The molecule has 0 amide bonds. The van der Waals surface area contributed by atoms with E-state index in [0.29, 0.717) is 19.3 Å². The number of hydrogen-bond donors (Lipinski definition) is 0. The highest BCUT2D eigenvalue weighted by atomic mass is 16.6. The molecule has 0 radical (unpaired) electrons. The monoisotopic (exact) mass is 961 g/mol. The Balaban J connectivity index is 4.47. The maximum Gasteiger partial charge on any atom is 0.306 e. The summed E-state index contributed by atoms with van der Waals surface area (Å²) in [4.78, 5) is 38.2. The Morgan fingerprint density at radius 2 is 0.522 bits per heavy atom. The molecular weight excluding hydrogens is 853 g/mol. The first-order valence-corrected chi connectivity index (χ1v) is 29.1. The van der Waals surface area contributed by atoms with Crippen LogP contribution in [-0.4, -0.2) is 37.2 Å². The van der Waals surface area contributed by atoms with Crippen molar-refractivity contribution >= 4 is 17.9 Å². The number of hydrogen-bond acceptors (Lipinski definition) is 6. The van der Waals surface area contributed by atoms with E-state index in [1.807, 2.05) is 0 Å². The summed E-state index contributed by atoms with van der Waals surface area (Å²) >= 11 is 0. The molecule has 396 valence electrons. The van der Waals surface area contributed by atoms with Gasteiger partial charge in [0.25, 0.3) is 0 Å². The molecule has 69 heavy (non-hydrogen) atoms. The van der Waals surface area contributed by atoms with Crippen LogP contribution in [0.5, 0.6) is 0 Å². The fourth-order valence-electron chi connectivity index (χ4n) is 7.96. The van der Waals surface area contributed by atoms with E-state index < -0.39 is 6.10 Å². The highest BCUT2D eigenvalue weighted by Gasteiger charge is 2.19. The predicted molar refractivity (Wildman–Crippen MR) is 297 cm³/mol. The lowest BCUT2D eigenvalue weighted by molar-refractivity contribution is -0.167. The van der Waals surface area contributed by atoms with Gasteiger partial charge in [0.2, 0.25) is 0 Å². The summed E-state index contributed by atoms with van der Waals surface area (Å²) in [7, 11) is 0. The minimum absolute atomic E-state index is 0.0970. The summed E-state index contributed by atoms with van der Waals surface area (Å²) in [6, 6.07) is 0. The molecule has 0 rings (SSSR count). The summed E-state index contributed by atoms with van der Waals surface area (Å²) in [5.74, 6) is -0.940. The van der Waals surface area contributed by atoms with Crippen molar-refractivity contribution in [2.45, 2.75) is 284 Å². The Bertz CT molecular complexity index is 1330. The van der Waals surface area contributed by atoms with Gasteiger partial charge in [-0.25, -0.2) is 0 Å². The molecule has 0 aliphatic rings. The van der Waals surface area contributed by atoms with E-state index in [9.17, 15) is 14.4 Å². The van der Waals surface area contributed by atoms with E-state index >= 15 is 0 Å². The van der Waals surface area contributed by atoms with Gasteiger partial charge >= 0.3 is 17.9 Å². The van der Waals surface area contributed by atoms with Gasteiger partial charge in [0.05, 0.1) is 0 Å². The number of carbonyl (C=O) groups excluding carboxylic acids is 3. The van der Waals surface area contributed by atoms with Crippen LogP contribution in [0.2, 0.25) is 0 Å². The Kier molecular flexibility index (Phi) is 54.3. The zero-order chi connectivity index (χ0) is 50.0. The van der Waals surface area contributed by atoms with Gasteiger partial charge in [-0.1, -0.05) is 241 Å². The van der Waals surface area contributed by atoms with Gasteiger partial charge in [0.15, 0.2) is 6.10 Å². The van der Waals surface area contributed by atoms with Gasteiger partial charge in [0, 0.05) is 19.3 Å². The molecule has 0 N–H and O–H groups in total. The normalized spacial score (nSPS) is 12.7. The van der Waals surface area contributed by atoms with Crippen LogP contribution in [0.25, 0.3) is 0 Å². The zero-order valence-electron chi connectivity index (χ0n) is 45.3. The van der Waals surface area contributed by atoms with Crippen molar-refractivity contribution < 1.29 is 28.6 Å². The Morgan fingerprint density at radius 1 is 0.290 bits per heavy atom. The van der Waals surface area contributed by atoms with E-state index in [-0.39, 0.29) is 31.1 Å². The summed E-state index contributed by atoms with van der Waals surface area (Å²) in [6.07, 6.45) is 74.2. The molecule has 0 aliphatic carbocycles. The number of unbranched alkanes of at least 4 members (excludes halogenated alkanes) is 27. The smallest absolute Gasteiger partial charge is 0.306 e. The molecule has 0 spiro atoms. The van der Waals surface area contributed by atoms with Gasteiger partial charge in [0.1, 0.15) is 13.2 Å². The van der Waals surface area contributed by atoms with Crippen molar-refractivity contribution in [2.24, 2.45) is 0 Å². The molecule has 0 heterocycles. The SMILES string of the molecule is CCCCC/C=C\C/C=C\C/C=C\C/C=C\CCCCCC(=O)OC[C@H](COC(=O)CCCCCC/C=C\C/C=C\C/C=C\CCCCC)OC(=O)CCCCCCCCCCCCCCCCC. The third-order valence-electron chi connectivity index (χ3n) is 12.4. The van der Waals surface area contributed by atoms with Gasteiger partial charge in [-0.05, 0) is 103 Å². The third-order valence-corrected chi connectivity index (χ3v) is 12.4. The maximum absolute atomic E-state index is 12.9. The van der Waals surface area contributed by atoms with E-state index in [1.165, 1.54) is 128 Å². The molecule has 0 bridgehead atoms. The van der Waals surface area contributed by atoms with Crippen LogP contribution < -0.4 is 0 Å². The second-order valence-corrected chi connectivity index (χ2v) is 19.2. The third kappa shape index (κ3) is 55.4. The van der Waals surface area contributed by atoms with Crippen LogP contribution >= 0.6 is 0 Å². The number of ether oxygens (including phenoxy) is 3. The van der Waals surface area contributed by atoms with Crippen molar-refractivity contribution in [3.8, 4) is 0 Å². The maximum atomic E-state index is 12.9. The fourth-order valence-corrected chi connectivity index (χ4v) is 7.96. The van der Waals surface area contributed by atoms with Crippen molar-refractivity contribution in [3.05, 3.63) is 85.1 Å². The van der Waals surface area contributed by atoms with E-state index in [1.54, 1.807) is 0 Å². The van der Waals surface area contributed by atoms with Crippen molar-refractivity contribution in [2.75, 3.05) is 13.2 Å². The van der Waals surface area contributed by atoms with Crippen LogP contribution in [0.3, 0.4) is 0 Å². The molecule has 0 aromatic rings. The quantitative estimate of drug-likeness (QED) is 0.0262. The number of carbonyl (C=O) groups is 3. The molecule has 6 heteroatoms. The van der Waals surface area contributed by atoms with Crippen LogP contribution in [0, 0.1) is 0 Å². The molecule has 0 unspecified atom stereocenters. The van der Waals surface area contributed by atoms with Crippen molar-refractivity contribution in [1.29, 1.82) is 0 Å². The summed E-state index contributed by atoms with van der Waals surface area (Å²) in [6.45, 7) is 6.55.